The van der Waals surface area contributed by atoms with Gasteiger partial charge in [0.1, 0.15) is 0 Å². The molecular weight excluding hydrogens is 222 g/mol. The quantitative estimate of drug-likeness (QED) is 0.726. The van der Waals surface area contributed by atoms with Crippen molar-refractivity contribution in [3.8, 4) is 0 Å². The molecule has 0 bridgehead atoms. The Morgan fingerprint density at radius 3 is 2.76 bits per heavy atom. The molecule has 0 aromatic rings. The molecule has 17 heavy (non-hydrogen) atoms. The maximum absolute atomic E-state index is 11.9. The second-order valence-corrected chi connectivity index (χ2v) is 4.62. The van der Waals surface area contributed by atoms with Crippen molar-refractivity contribution in [1.82, 2.24) is 4.90 Å². The molecule has 94 valence electrons. The van der Waals surface area contributed by atoms with Crippen LogP contribution in [-0.2, 0) is 14.3 Å². The fourth-order valence-electron chi connectivity index (χ4n) is 2.20. The van der Waals surface area contributed by atoms with Crippen molar-refractivity contribution in [2.45, 2.75) is 12.8 Å². The van der Waals surface area contributed by atoms with Crippen LogP contribution >= 0.6 is 0 Å². The van der Waals surface area contributed by atoms with Crippen molar-refractivity contribution < 1.29 is 19.4 Å². The summed E-state index contributed by atoms with van der Waals surface area (Å²) in [5.41, 5.74) is 1.21. The minimum Gasteiger partial charge on any atom is -0.481 e. The molecule has 2 atom stereocenters. The topological polar surface area (TPSA) is 66.8 Å². The van der Waals surface area contributed by atoms with Crippen LogP contribution in [0.5, 0.6) is 0 Å². The summed E-state index contributed by atoms with van der Waals surface area (Å²) in [6.07, 6.45) is 3.33. The predicted octanol–water partition coefficient (Wildman–Crippen LogP) is 0.512. The number of amides is 1. The molecule has 1 N–H and O–H groups in total. The molecule has 1 amide bonds. The van der Waals surface area contributed by atoms with Crippen molar-refractivity contribution in [1.29, 1.82) is 0 Å². The lowest BCUT2D eigenvalue weighted by Crippen LogP contribution is -2.37. The Kier molecular flexibility index (Phi) is 3.47. The third-order valence-corrected chi connectivity index (χ3v) is 3.37. The van der Waals surface area contributed by atoms with Gasteiger partial charge in [-0.1, -0.05) is 6.08 Å². The van der Waals surface area contributed by atoms with Crippen LogP contribution in [-0.4, -0.2) is 48.7 Å². The molecule has 0 saturated heterocycles. The van der Waals surface area contributed by atoms with E-state index in [1.165, 1.54) is 5.57 Å². The smallest absolute Gasteiger partial charge is 0.307 e. The molecule has 0 aromatic heterocycles. The van der Waals surface area contributed by atoms with E-state index in [4.69, 9.17) is 9.84 Å². The van der Waals surface area contributed by atoms with E-state index in [1.54, 1.807) is 12.0 Å². The van der Waals surface area contributed by atoms with Crippen molar-refractivity contribution in [3.63, 3.8) is 0 Å². The molecule has 1 saturated carbocycles. The summed E-state index contributed by atoms with van der Waals surface area (Å²) in [6, 6.07) is 0. The van der Waals surface area contributed by atoms with Gasteiger partial charge in [0.05, 0.1) is 18.4 Å². The van der Waals surface area contributed by atoms with E-state index in [2.05, 4.69) is 0 Å². The molecule has 1 fully saturated rings. The molecule has 0 aromatic carbocycles. The summed E-state index contributed by atoms with van der Waals surface area (Å²) in [4.78, 5) is 24.4. The van der Waals surface area contributed by atoms with Gasteiger partial charge in [0.15, 0.2) is 0 Å². The first-order valence-corrected chi connectivity index (χ1v) is 5.82. The van der Waals surface area contributed by atoms with E-state index in [9.17, 15) is 9.59 Å². The Morgan fingerprint density at radius 1 is 1.53 bits per heavy atom. The summed E-state index contributed by atoms with van der Waals surface area (Å²) >= 11 is 0. The summed E-state index contributed by atoms with van der Waals surface area (Å²) in [5.74, 6) is -1.60. The fraction of sp³-hybridized carbons (Fsp3) is 0.667. The van der Waals surface area contributed by atoms with Gasteiger partial charge in [-0.2, -0.15) is 0 Å². The number of aliphatic carboxylic acids is 1. The van der Waals surface area contributed by atoms with E-state index in [1.807, 2.05) is 6.08 Å². The first-order chi connectivity index (χ1) is 8.13. The molecule has 1 aliphatic carbocycles. The van der Waals surface area contributed by atoms with Gasteiger partial charge in [0, 0.05) is 20.2 Å². The maximum Gasteiger partial charge on any atom is 0.307 e. The number of nitrogens with zero attached hydrogens (tertiary/aromatic N) is 1. The molecule has 2 rings (SSSR count). The number of rotatable bonds is 4. The number of carboxylic acid groups (broad SMARTS) is 1. The van der Waals surface area contributed by atoms with E-state index >= 15 is 0 Å². The average Bonchev–Trinajstić information content (AvgIpc) is 3.09. The lowest BCUT2D eigenvalue weighted by molar-refractivity contribution is -0.141. The summed E-state index contributed by atoms with van der Waals surface area (Å²) in [7, 11) is 1.65. The van der Waals surface area contributed by atoms with Crippen LogP contribution in [0, 0.1) is 11.8 Å². The third kappa shape index (κ3) is 2.66. The van der Waals surface area contributed by atoms with Gasteiger partial charge in [-0.15, -0.1) is 0 Å². The zero-order valence-corrected chi connectivity index (χ0v) is 9.89. The lowest BCUT2D eigenvalue weighted by Gasteiger charge is -2.26. The van der Waals surface area contributed by atoms with Gasteiger partial charge in [-0.25, -0.2) is 0 Å². The van der Waals surface area contributed by atoms with E-state index in [0.29, 0.717) is 26.1 Å². The molecule has 1 aliphatic heterocycles. The third-order valence-electron chi connectivity index (χ3n) is 3.37. The Labute approximate surface area is 100 Å². The Bertz CT molecular complexity index is 364. The Morgan fingerprint density at radius 2 is 2.29 bits per heavy atom. The number of carbonyl (C=O) groups excluding carboxylic acids is 1. The fourth-order valence-corrected chi connectivity index (χ4v) is 2.20. The molecule has 5 heteroatoms. The van der Waals surface area contributed by atoms with Crippen LogP contribution < -0.4 is 0 Å². The summed E-state index contributed by atoms with van der Waals surface area (Å²) in [5, 5.41) is 8.78. The van der Waals surface area contributed by atoms with Gasteiger partial charge in [-0.05, 0) is 18.4 Å². The lowest BCUT2D eigenvalue weighted by atomic mass is 10.1. The average molecular weight is 239 g/mol. The maximum atomic E-state index is 11.9. The van der Waals surface area contributed by atoms with E-state index < -0.39 is 11.9 Å². The zero-order valence-electron chi connectivity index (χ0n) is 9.89. The number of carbonyl (C=O) groups is 2. The number of hydrogen-bond donors (Lipinski definition) is 1. The number of methoxy groups -OCH3 is 1. The van der Waals surface area contributed by atoms with Crippen molar-refractivity contribution >= 4 is 11.9 Å². The number of ether oxygens (including phenoxy) is 1. The summed E-state index contributed by atoms with van der Waals surface area (Å²) < 4.78 is 5.04. The van der Waals surface area contributed by atoms with Crippen LogP contribution in [0.15, 0.2) is 11.6 Å². The van der Waals surface area contributed by atoms with Crippen LogP contribution in [0.3, 0.4) is 0 Å². The largest absolute Gasteiger partial charge is 0.481 e. The second-order valence-electron chi connectivity index (χ2n) is 4.62. The van der Waals surface area contributed by atoms with Crippen molar-refractivity contribution in [3.05, 3.63) is 11.6 Å². The first-order valence-electron chi connectivity index (χ1n) is 5.82. The van der Waals surface area contributed by atoms with Crippen LogP contribution in [0.4, 0.5) is 0 Å². The molecule has 2 aliphatic rings. The molecule has 0 spiro atoms. The minimum absolute atomic E-state index is 0.00915. The number of hydrogen-bond acceptors (Lipinski definition) is 3. The second kappa shape index (κ2) is 4.87. The van der Waals surface area contributed by atoms with E-state index in [-0.39, 0.29) is 11.8 Å². The van der Waals surface area contributed by atoms with Crippen molar-refractivity contribution in [2.24, 2.45) is 11.8 Å². The van der Waals surface area contributed by atoms with Gasteiger partial charge in [-0.3, -0.25) is 9.59 Å². The molecule has 5 nitrogen and oxygen atoms in total. The zero-order chi connectivity index (χ0) is 12.4. The van der Waals surface area contributed by atoms with Gasteiger partial charge < -0.3 is 14.7 Å². The highest BCUT2D eigenvalue weighted by atomic mass is 16.5. The summed E-state index contributed by atoms with van der Waals surface area (Å²) in [6.45, 7) is 1.88. The molecule has 0 radical (unpaired) electrons. The van der Waals surface area contributed by atoms with Crippen LogP contribution in [0.2, 0.25) is 0 Å². The predicted molar refractivity (Wildman–Crippen MR) is 60.4 cm³/mol. The molecule has 1 heterocycles. The standard InChI is InChI=1S/C12H17NO4/c1-17-7-8-2-4-13(5-3-8)11(14)9-6-10(9)12(15)16/h2,9-10H,3-7H2,1H3,(H,15,16)/t9-,10+/m1/s1. The molecule has 0 unspecified atom stereocenters. The molecular formula is C12H17NO4. The van der Waals surface area contributed by atoms with Gasteiger partial charge >= 0.3 is 5.97 Å². The minimum atomic E-state index is -0.851. The van der Waals surface area contributed by atoms with E-state index in [0.717, 1.165) is 6.42 Å². The van der Waals surface area contributed by atoms with Gasteiger partial charge in [0.25, 0.3) is 0 Å². The van der Waals surface area contributed by atoms with Crippen LogP contribution in [0.25, 0.3) is 0 Å². The highest BCUT2D eigenvalue weighted by molar-refractivity contribution is 5.89. The first kappa shape index (κ1) is 12.1. The van der Waals surface area contributed by atoms with Gasteiger partial charge in [0.2, 0.25) is 5.91 Å². The Balaban J connectivity index is 1.85. The SMILES string of the molecule is COCC1=CCN(C(=O)[C@@H]2C[C@@H]2C(=O)O)CC1. The van der Waals surface area contributed by atoms with Crippen molar-refractivity contribution in [2.75, 3.05) is 26.8 Å². The van der Waals surface area contributed by atoms with Crippen LogP contribution in [0.1, 0.15) is 12.8 Å². The monoisotopic (exact) mass is 239 g/mol. The highest BCUT2D eigenvalue weighted by Crippen LogP contribution is 2.40. The number of carboxylic acids is 1. The normalized spacial score (nSPS) is 27.6. The highest BCUT2D eigenvalue weighted by Gasteiger charge is 2.49. The Hall–Kier alpha value is -1.36.